The summed E-state index contributed by atoms with van der Waals surface area (Å²) in [6.45, 7) is 0.379. The molecule has 0 radical (unpaired) electrons. The number of fused-ring (bicyclic) bond motifs is 1. The quantitative estimate of drug-likeness (QED) is 0.586. The number of amides is 2. The van der Waals surface area contributed by atoms with Crippen molar-refractivity contribution in [2.75, 3.05) is 5.32 Å². The Labute approximate surface area is 156 Å². The number of hydrogen-bond acceptors (Lipinski definition) is 4. The second-order valence-corrected chi connectivity index (χ2v) is 6.14. The average molecular weight is 358 g/mol. The van der Waals surface area contributed by atoms with E-state index in [9.17, 15) is 4.79 Å². The highest BCUT2D eigenvalue weighted by Crippen LogP contribution is 2.20. The molecule has 3 heterocycles. The van der Waals surface area contributed by atoms with Gasteiger partial charge in [0.05, 0.1) is 23.1 Å². The summed E-state index contributed by atoms with van der Waals surface area (Å²) in [6, 6.07) is 13.1. The van der Waals surface area contributed by atoms with Crippen molar-refractivity contribution >= 4 is 22.6 Å². The van der Waals surface area contributed by atoms with Crippen LogP contribution in [0.4, 0.5) is 10.5 Å². The summed E-state index contributed by atoms with van der Waals surface area (Å²) in [5, 5.41) is 10.8. The number of aryl methyl sites for hydroxylation is 1. The summed E-state index contributed by atoms with van der Waals surface area (Å²) < 4.78 is 1.74. The van der Waals surface area contributed by atoms with Crippen molar-refractivity contribution in [1.29, 1.82) is 0 Å². The fourth-order valence-electron chi connectivity index (χ4n) is 2.81. The van der Waals surface area contributed by atoms with Gasteiger partial charge >= 0.3 is 6.03 Å². The lowest BCUT2D eigenvalue weighted by Crippen LogP contribution is -2.28. The van der Waals surface area contributed by atoms with Gasteiger partial charge in [-0.05, 0) is 23.8 Å². The highest BCUT2D eigenvalue weighted by Gasteiger charge is 2.07. The molecule has 0 aliphatic heterocycles. The van der Waals surface area contributed by atoms with Gasteiger partial charge in [-0.25, -0.2) is 4.79 Å². The first kappa shape index (κ1) is 16.7. The Balaban J connectivity index is 1.39. The molecule has 1 aromatic carbocycles. The minimum absolute atomic E-state index is 0.288. The standard InChI is InChI=1S/C20H18N6O/c1-26-13-16(12-24-26)17-8-7-14(10-22-17)11-23-20(27)25-18-6-2-4-15-5-3-9-21-19(15)18/h2-10,12-13H,11H2,1H3,(H2,23,25,27). The Morgan fingerprint density at radius 1 is 1.07 bits per heavy atom. The molecule has 0 fully saturated rings. The van der Waals surface area contributed by atoms with Gasteiger partial charge in [-0.3, -0.25) is 14.6 Å². The molecule has 27 heavy (non-hydrogen) atoms. The number of para-hydroxylation sites is 1. The van der Waals surface area contributed by atoms with Gasteiger partial charge in [-0.15, -0.1) is 0 Å². The number of nitrogens with zero attached hydrogens (tertiary/aromatic N) is 4. The Hall–Kier alpha value is -3.74. The molecule has 0 atom stereocenters. The average Bonchev–Trinajstić information content (AvgIpc) is 3.13. The molecule has 0 spiro atoms. The minimum Gasteiger partial charge on any atom is -0.334 e. The van der Waals surface area contributed by atoms with E-state index in [-0.39, 0.29) is 6.03 Å². The number of benzene rings is 1. The molecule has 0 bridgehead atoms. The molecular weight excluding hydrogens is 340 g/mol. The normalized spacial score (nSPS) is 10.7. The van der Waals surface area contributed by atoms with Gasteiger partial charge in [0, 0.05) is 43.1 Å². The Morgan fingerprint density at radius 2 is 1.96 bits per heavy atom. The maximum atomic E-state index is 12.2. The molecule has 2 amide bonds. The first-order valence-electron chi connectivity index (χ1n) is 8.51. The summed E-state index contributed by atoms with van der Waals surface area (Å²) in [6.07, 6.45) is 7.14. The largest absolute Gasteiger partial charge is 0.334 e. The van der Waals surface area contributed by atoms with E-state index < -0.39 is 0 Å². The first-order valence-corrected chi connectivity index (χ1v) is 8.51. The highest BCUT2D eigenvalue weighted by molar-refractivity contribution is 5.99. The van der Waals surface area contributed by atoms with Crippen molar-refractivity contribution in [1.82, 2.24) is 25.1 Å². The lowest BCUT2D eigenvalue weighted by Gasteiger charge is -2.09. The molecule has 0 aliphatic rings. The predicted octanol–water partition coefficient (Wildman–Crippen LogP) is 3.35. The van der Waals surface area contributed by atoms with E-state index in [1.807, 2.05) is 55.7 Å². The smallest absolute Gasteiger partial charge is 0.319 e. The molecule has 134 valence electrons. The predicted molar refractivity (Wildman–Crippen MR) is 104 cm³/mol. The molecule has 2 N–H and O–H groups in total. The first-order chi connectivity index (χ1) is 13.2. The summed E-state index contributed by atoms with van der Waals surface area (Å²) in [4.78, 5) is 21.0. The maximum Gasteiger partial charge on any atom is 0.319 e. The van der Waals surface area contributed by atoms with E-state index in [0.29, 0.717) is 12.2 Å². The molecule has 0 saturated carbocycles. The number of pyridine rings is 2. The van der Waals surface area contributed by atoms with Gasteiger partial charge < -0.3 is 10.6 Å². The molecule has 7 nitrogen and oxygen atoms in total. The van der Waals surface area contributed by atoms with Crippen molar-refractivity contribution in [3.05, 3.63) is 72.8 Å². The summed E-state index contributed by atoms with van der Waals surface area (Å²) in [5.41, 5.74) is 4.15. The molecule has 0 saturated heterocycles. The highest BCUT2D eigenvalue weighted by atomic mass is 16.2. The fraction of sp³-hybridized carbons (Fsp3) is 0.100. The van der Waals surface area contributed by atoms with Crippen LogP contribution in [0.5, 0.6) is 0 Å². The number of anilines is 1. The van der Waals surface area contributed by atoms with E-state index in [4.69, 9.17) is 0 Å². The molecule has 0 unspecified atom stereocenters. The molecule has 3 aromatic heterocycles. The van der Waals surface area contributed by atoms with Gasteiger partial charge in [0.25, 0.3) is 0 Å². The second kappa shape index (κ2) is 7.25. The molecule has 4 aromatic rings. The van der Waals surface area contributed by atoms with E-state index in [1.54, 1.807) is 23.3 Å². The third kappa shape index (κ3) is 3.77. The van der Waals surface area contributed by atoms with Crippen molar-refractivity contribution in [3.63, 3.8) is 0 Å². The molecular formula is C20H18N6O. The third-order valence-corrected chi connectivity index (χ3v) is 4.16. The van der Waals surface area contributed by atoms with Crippen LogP contribution < -0.4 is 10.6 Å². The van der Waals surface area contributed by atoms with E-state index >= 15 is 0 Å². The van der Waals surface area contributed by atoms with E-state index in [0.717, 1.165) is 27.7 Å². The fourth-order valence-corrected chi connectivity index (χ4v) is 2.81. The van der Waals surface area contributed by atoms with Crippen LogP contribution in [0.2, 0.25) is 0 Å². The lowest BCUT2D eigenvalue weighted by atomic mass is 10.2. The molecule has 0 aliphatic carbocycles. The Kier molecular flexibility index (Phi) is 4.49. The topological polar surface area (TPSA) is 84.7 Å². The maximum absolute atomic E-state index is 12.2. The van der Waals surface area contributed by atoms with Gasteiger partial charge in [0.1, 0.15) is 0 Å². The van der Waals surface area contributed by atoms with Gasteiger partial charge in [0.15, 0.2) is 0 Å². The van der Waals surface area contributed by atoms with Crippen LogP contribution in [-0.4, -0.2) is 25.8 Å². The number of aromatic nitrogens is 4. The zero-order valence-electron chi connectivity index (χ0n) is 14.8. The van der Waals surface area contributed by atoms with Crippen molar-refractivity contribution < 1.29 is 4.79 Å². The van der Waals surface area contributed by atoms with Gasteiger partial charge in [0.2, 0.25) is 0 Å². The van der Waals surface area contributed by atoms with Crippen LogP contribution in [0, 0.1) is 0 Å². The lowest BCUT2D eigenvalue weighted by molar-refractivity contribution is 0.252. The number of urea groups is 1. The zero-order valence-corrected chi connectivity index (χ0v) is 14.8. The summed E-state index contributed by atoms with van der Waals surface area (Å²) in [5.74, 6) is 0. The number of hydrogen-bond donors (Lipinski definition) is 2. The summed E-state index contributed by atoms with van der Waals surface area (Å²) in [7, 11) is 1.87. The van der Waals surface area contributed by atoms with Crippen molar-refractivity contribution in [2.24, 2.45) is 7.05 Å². The van der Waals surface area contributed by atoms with Crippen LogP contribution in [0.1, 0.15) is 5.56 Å². The number of rotatable bonds is 4. The van der Waals surface area contributed by atoms with Gasteiger partial charge in [-0.2, -0.15) is 5.10 Å². The van der Waals surface area contributed by atoms with Crippen LogP contribution in [0.25, 0.3) is 22.2 Å². The Bertz CT molecular complexity index is 1080. The van der Waals surface area contributed by atoms with Crippen LogP contribution in [-0.2, 0) is 13.6 Å². The monoisotopic (exact) mass is 358 g/mol. The minimum atomic E-state index is -0.288. The number of carbonyl (C=O) groups is 1. The third-order valence-electron chi connectivity index (χ3n) is 4.16. The molecule has 7 heteroatoms. The Morgan fingerprint density at radius 3 is 2.74 bits per heavy atom. The van der Waals surface area contributed by atoms with Crippen LogP contribution in [0.15, 0.2) is 67.3 Å². The van der Waals surface area contributed by atoms with Crippen molar-refractivity contribution in [2.45, 2.75) is 6.54 Å². The SMILES string of the molecule is Cn1cc(-c2ccc(CNC(=O)Nc3cccc4cccnc34)cn2)cn1. The summed E-state index contributed by atoms with van der Waals surface area (Å²) >= 11 is 0. The van der Waals surface area contributed by atoms with Crippen LogP contribution >= 0.6 is 0 Å². The number of nitrogens with one attached hydrogen (secondary N) is 2. The van der Waals surface area contributed by atoms with E-state index in [1.165, 1.54) is 0 Å². The number of carbonyl (C=O) groups excluding carboxylic acids is 1. The van der Waals surface area contributed by atoms with E-state index in [2.05, 4.69) is 25.7 Å². The zero-order chi connectivity index (χ0) is 18.6. The second-order valence-electron chi connectivity index (χ2n) is 6.14. The molecule has 4 rings (SSSR count). The van der Waals surface area contributed by atoms with Crippen molar-refractivity contribution in [3.8, 4) is 11.3 Å². The van der Waals surface area contributed by atoms with Crippen LogP contribution in [0.3, 0.4) is 0 Å². The van der Waals surface area contributed by atoms with Gasteiger partial charge in [-0.1, -0.05) is 24.3 Å².